The van der Waals surface area contributed by atoms with E-state index in [2.05, 4.69) is 25.4 Å². The fraction of sp³-hybridized carbons (Fsp3) is 0.316. The quantitative estimate of drug-likeness (QED) is 0.600. The van der Waals surface area contributed by atoms with Crippen LogP contribution in [-0.4, -0.2) is 52.6 Å². The van der Waals surface area contributed by atoms with Crippen LogP contribution in [0, 0.1) is 0 Å². The van der Waals surface area contributed by atoms with Crippen LogP contribution in [0.25, 0.3) is 10.7 Å². The third-order valence-corrected chi connectivity index (χ3v) is 6.22. The lowest BCUT2D eigenvalue weighted by Gasteiger charge is -2.28. The second-order valence-electron chi connectivity index (χ2n) is 6.34. The molecule has 1 aromatic carbocycles. The molecule has 0 saturated carbocycles. The molecule has 1 fully saturated rings. The average molecular weight is 416 g/mol. The zero-order chi connectivity index (χ0) is 19.3. The maximum atomic E-state index is 12.5. The average Bonchev–Trinajstić information content (AvgIpc) is 3.41. The number of carbonyl (C=O) groups is 1. The van der Waals surface area contributed by atoms with E-state index in [-0.39, 0.29) is 11.2 Å². The molecular formula is C19H21N5O2S2. The summed E-state index contributed by atoms with van der Waals surface area (Å²) in [5, 5.41) is 12.3. The van der Waals surface area contributed by atoms with Gasteiger partial charge < -0.3 is 15.0 Å². The molecule has 1 aliphatic heterocycles. The van der Waals surface area contributed by atoms with Crippen molar-refractivity contribution in [1.29, 1.82) is 0 Å². The Labute approximate surface area is 171 Å². The molecule has 2 aromatic heterocycles. The molecule has 0 radical (unpaired) electrons. The molecule has 0 spiro atoms. The topological polar surface area (TPSA) is 83.1 Å². The summed E-state index contributed by atoms with van der Waals surface area (Å²) < 4.78 is 5.38. The normalized spacial score (nSPS) is 15.4. The lowest BCUT2D eigenvalue weighted by Crippen LogP contribution is -2.36. The van der Waals surface area contributed by atoms with E-state index in [0.29, 0.717) is 5.16 Å². The monoisotopic (exact) mass is 415 g/mol. The molecular weight excluding hydrogens is 394 g/mol. The molecule has 1 saturated heterocycles. The highest BCUT2D eigenvalue weighted by atomic mass is 32.2. The zero-order valence-electron chi connectivity index (χ0n) is 15.4. The predicted octanol–water partition coefficient (Wildman–Crippen LogP) is 3.49. The molecule has 0 aliphatic carbocycles. The van der Waals surface area contributed by atoms with Crippen LogP contribution in [0.15, 0.2) is 46.9 Å². The predicted molar refractivity (Wildman–Crippen MR) is 113 cm³/mol. The van der Waals surface area contributed by atoms with Crippen LogP contribution in [0.3, 0.4) is 0 Å². The van der Waals surface area contributed by atoms with E-state index < -0.39 is 0 Å². The number of rotatable bonds is 6. The fourth-order valence-electron chi connectivity index (χ4n) is 2.86. The van der Waals surface area contributed by atoms with E-state index in [1.165, 1.54) is 11.8 Å². The number of hydrogen-bond acceptors (Lipinski definition) is 7. The van der Waals surface area contributed by atoms with Gasteiger partial charge in [0.25, 0.3) is 0 Å². The van der Waals surface area contributed by atoms with Gasteiger partial charge in [-0.1, -0.05) is 17.8 Å². The number of amides is 1. The van der Waals surface area contributed by atoms with Gasteiger partial charge in [-0.3, -0.25) is 9.89 Å². The van der Waals surface area contributed by atoms with E-state index >= 15 is 0 Å². The molecule has 0 bridgehead atoms. The molecule has 9 heteroatoms. The maximum Gasteiger partial charge on any atom is 0.237 e. The number of benzene rings is 1. The number of nitrogens with one attached hydrogen (secondary N) is 2. The van der Waals surface area contributed by atoms with Crippen LogP contribution in [0.5, 0.6) is 0 Å². The van der Waals surface area contributed by atoms with E-state index in [1.54, 1.807) is 11.3 Å². The number of H-pyrrole nitrogens is 1. The molecule has 4 rings (SSSR count). The number of aromatic nitrogens is 3. The van der Waals surface area contributed by atoms with E-state index in [0.717, 1.165) is 48.4 Å². The molecule has 3 aromatic rings. The molecule has 1 aliphatic rings. The van der Waals surface area contributed by atoms with Crippen molar-refractivity contribution in [3.8, 4) is 10.7 Å². The Bertz CT molecular complexity index is 905. The second-order valence-corrected chi connectivity index (χ2v) is 8.60. The summed E-state index contributed by atoms with van der Waals surface area (Å²) in [6.07, 6.45) is 0. The summed E-state index contributed by atoms with van der Waals surface area (Å²) in [6.45, 7) is 5.14. The van der Waals surface area contributed by atoms with Crippen molar-refractivity contribution < 1.29 is 9.53 Å². The number of thiophene rings is 1. The summed E-state index contributed by atoms with van der Waals surface area (Å²) in [5.41, 5.74) is 1.93. The molecule has 146 valence electrons. The molecule has 1 unspecified atom stereocenters. The number of anilines is 2. The minimum absolute atomic E-state index is 0.0772. The van der Waals surface area contributed by atoms with Gasteiger partial charge in [-0.2, -0.15) is 0 Å². The van der Waals surface area contributed by atoms with E-state index in [4.69, 9.17) is 4.74 Å². The Hall–Kier alpha value is -2.36. The van der Waals surface area contributed by atoms with Crippen molar-refractivity contribution >= 4 is 40.4 Å². The highest BCUT2D eigenvalue weighted by Crippen LogP contribution is 2.26. The van der Waals surface area contributed by atoms with Crippen molar-refractivity contribution in [3.63, 3.8) is 0 Å². The van der Waals surface area contributed by atoms with Crippen molar-refractivity contribution in [3.05, 3.63) is 41.8 Å². The minimum Gasteiger partial charge on any atom is -0.378 e. The van der Waals surface area contributed by atoms with E-state index in [9.17, 15) is 4.79 Å². The smallest absolute Gasteiger partial charge is 0.237 e. The first-order chi connectivity index (χ1) is 13.7. The number of ether oxygens (including phenoxy) is 1. The third kappa shape index (κ3) is 4.54. The number of carbonyl (C=O) groups excluding carboxylic acids is 1. The highest BCUT2D eigenvalue weighted by Gasteiger charge is 2.18. The number of hydrogen-bond donors (Lipinski definition) is 2. The van der Waals surface area contributed by atoms with Gasteiger partial charge in [-0.15, -0.1) is 16.4 Å². The molecule has 28 heavy (non-hydrogen) atoms. The molecule has 1 atom stereocenters. The van der Waals surface area contributed by atoms with Gasteiger partial charge in [0.2, 0.25) is 11.1 Å². The summed E-state index contributed by atoms with van der Waals surface area (Å²) >= 11 is 2.93. The summed E-state index contributed by atoms with van der Waals surface area (Å²) in [7, 11) is 0. The number of nitrogens with zero attached hydrogens (tertiary/aromatic N) is 3. The van der Waals surface area contributed by atoms with Crippen molar-refractivity contribution in [2.24, 2.45) is 0 Å². The highest BCUT2D eigenvalue weighted by molar-refractivity contribution is 8.00. The molecule has 3 heterocycles. The third-order valence-electron chi connectivity index (χ3n) is 4.38. The lowest BCUT2D eigenvalue weighted by atomic mass is 10.2. The Morgan fingerprint density at radius 2 is 2.07 bits per heavy atom. The Balaban J connectivity index is 1.33. The van der Waals surface area contributed by atoms with Crippen molar-refractivity contribution in [2.45, 2.75) is 17.3 Å². The molecule has 2 N–H and O–H groups in total. The Kier molecular flexibility index (Phi) is 5.94. The fourth-order valence-corrected chi connectivity index (χ4v) is 4.24. The SMILES string of the molecule is CC(Sc1n[nH]c(-c2cccs2)n1)C(=O)Nc1ccc(N2CCOCC2)cc1. The zero-order valence-corrected chi connectivity index (χ0v) is 17.1. The van der Waals surface area contributed by atoms with E-state index in [1.807, 2.05) is 48.7 Å². The van der Waals surface area contributed by atoms with Gasteiger partial charge in [0, 0.05) is 24.5 Å². The van der Waals surface area contributed by atoms with Gasteiger partial charge in [0.05, 0.1) is 23.3 Å². The number of aromatic amines is 1. The van der Waals surface area contributed by atoms with Crippen LogP contribution in [-0.2, 0) is 9.53 Å². The van der Waals surface area contributed by atoms with Gasteiger partial charge in [-0.25, -0.2) is 4.98 Å². The largest absolute Gasteiger partial charge is 0.378 e. The Morgan fingerprint density at radius 3 is 2.79 bits per heavy atom. The first-order valence-corrected chi connectivity index (χ1v) is 10.8. The van der Waals surface area contributed by atoms with Gasteiger partial charge in [-0.05, 0) is 42.6 Å². The van der Waals surface area contributed by atoms with Crippen LogP contribution >= 0.6 is 23.1 Å². The van der Waals surface area contributed by atoms with Crippen LogP contribution in [0.1, 0.15) is 6.92 Å². The van der Waals surface area contributed by atoms with Gasteiger partial charge in [0.15, 0.2) is 5.82 Å². The summed E-state index contributed by atoms with van der Waals surface area (Å²) in [4.78, 5) is 20.3. The summed E-state index contributed by atoms with van der Waals surface area (Å²) in [5.74, 6) is 0.649. The first-order valence-electron chi connectivity index (χ1n) is 9.05. The minimum atomic E-state index is -0.314. The maximum absolute atomic E-state index is 12.5. The first kappa shape index (κ1) is 19.0. The molecule has 1 amide bonds. The lowest BCUT2D eigenvalue weighted by molar-refractivity contribution is -0.115. The van der Waals surface area contributed by atoms with Crippen LogP contribution in [0.4, 0.5) is 11.4 Å². The van der Waals surface area contributed by atoms with Crippen molar-refractivity contribution in [2.75, 3.05) is 36.5 Å². The standard InChI is InChI=1S/C19H21N5O2S2/c1-13(28-19-21-17(22-23-19)16-3-2-12-27-16)18(25)20-14-4-6-15(7-5-14)24-8-10-26-11-9-24/h2-7,12-13H,8-11H2,1H3,(H,20,25)(H,21,22,23). The van der Waals surface area contributed by atoms with Gasteiger partial charge >= 0.3 is 0 Å². The summed E-state index contributed by atoms with van der Waals surface area (Å²) in [6, 6.07) is 11.9. The molecule has 7 nitrogen and oxygen atoms in total. The van der Waals surface area contributed by atoms with Crippen molar-refractivity contribution in [1.82, 2.24) is 15.2 Å². The number of morpholine rings is 1. The Morgan fingerprint density at radius 1 is 1.29 bits per heavy atom. The van der Waals surface area contributed by atoms with Crippen LogP contribution in [0.2, 0.25) is 0 Å². The van der Waals surface area contributed by atoms with Crippen LogP contribution < -0.4 is 10.2 Å². The van der Waals surface area contributed by atoms with Gasteiger partial charge in [0.1, 0.15) is 0 Å². The number of thioether (sulfide) groups is 1. The second kappa shape index (κ2) is 8.76.